The highest BCUT2D eigenvalue weighted by atomic mass is 32.2. The molecule has 0 unspecified atom stereocenters. The van der Waals surface area contributed by atoms with E-state index >= 15 is 0 Å². The Morgan fingerprint density at radius 1 is 1.03 bits per heavy atom. The predicted octanol–water partition coefficient (Wildman–Crippen LogP) is 4.67. The maximum Gasteiger partial charge on any atom is 0.251 e. The second-order valence-electron chi connectivity index (χ2n) is 7.63. The van der Waals surface area contributed by atoms with E-state index in [9.17, 15) is 22.0 Å². The summed E-state index contributed by atoms with van der Waals surface area (Å²) in [6.45, 7) is 1.71. The molecular weight excluding hydrogens is 426 g/mol. The first kappa shape index (κ1) is 21.0. The molecule has 0 amide bonds. The van der Waals surface area contributed by atoms with E-state index < -0.39 is 21.7 Å². The molecule has 1 saturated carbocycles. The third-order valence-corrected chi connectivity index (χ3v) is 5.58. The predicted molar refractivity (Wildman–Crippen MR) is 114 cm³/mol. The second-order valence-corrected chi connectivity index (χ2v) is 9.38. The molecule has 1 heterocycles. The van der Waals surface area contributed by atoms with Crippen LogP contribution < -0.4 is 15.0 Å². The molecule has 0 spiro atoms. The van der Waals surface area contributed by atoms with Crippen LogP contribution in [-0.4, -0.2) is 19.7 Å². The van der Waals surface area contributed by atoms with Gasteiger partial charge >= 0.3 is 0 Å². The van der Waals surface area contributed by atoms with Crippen LogP contribution in [0, 0.1) is 18.6 Å². The van der Waals surface area contributed by atoms with Gasteiger partial charge in [0.05, 0.1) is 6.26 Å². The average molecular weight is 446 g/mol. The van der Waals surface area contributed by atoms with Crippen LogP contribution in [0.1, 0.15) is 30.0 Å². The lowest BCUT2D eigenvalue weighted by molar-refractivity contribution is 0.439. The first-order chi connectivity index (χ1) is 14.6. The molecule has 9 heteroatoms. The Balaban J connectivity index is 1.86. The zero-order chi connectivity index (χ0) is 22.3. The molecule has 31 heavy (non-hydrogen) atoms. The monoisotopic (exact) mass is 446 g/mol. The van der Waals surface area contributed by atoms with E-state index in [0.29, 0.717) is 28.5 Å². The minimum absolute atomic E-state index is 0.166. The molecule has 0 bridgehead atoms. The van der Waals surface area contributed by atoms with Crippen molar-refractivity contribution in [2.45, 2.75) is 25.7 Å². The minimum atomic E-state index is -3.54. The van der Waals surface area contributed by atoms with Gasteiger partial charge in [-0.2, -0.15) is 0 Å². The van der Waals surface area contributed by atoms with E-state index in [2.05, 4.69) is 9.71 Å². The van der Waals surface area contributed by atoms with E-state index in [-0.39, 0.29) is 28.7 Å². The molecule has 1 aliphatic carbocycles. The summed E-state index contributed by atoms with van der Waals surface area (Å²) in [6.07, 6.45) is 2.87. The molecule has 3 aromatic rings. The molecule has 0 aliphatic heterocycles. The Morgan fingerprint density at radius 3 is 2.39 bits per heavy atom. The smallest absolute Gasteiger partial charge is 0.251 e. The van der Waals surface area contributed by atoms with Crippen molar-refractivity contribution >= 4 is 15.7 Å². The summed E-state index contributed by atoms with van der Waals surface area (Å²) in [6, 6.07) is 9.25. The number of H-pyrrole nitrogens is 1. The van der Waals surface area contributed by atoms with Crippen molar-refractivity contribution in [3.05, 3.63) is 75.7 Å². The van der Waals surface area contributed by atoms with Crippen LogP contribution in [0.25, 0.3) is 11.1 Å². The fraction of sp³-hybridized carbons (Fsp3) is 0.227. The average Bonchev–Trinajstić information content (AvgIpc) is 3.49. The van der Waals surface area contributed by atoms with Gasteiger partial charge in [-0.15, -0.1) is 0 Å². The molecular formula is C22H20F2N2O4S. The SMILES string of the molecule is Cc1[nH]c(=O)c(C2CC2)cc1-c1cc(NS(C)(=O)=O)ccc1Oc1ccc(F)cc1F. The van der Waals surface area contributed by atoms with Crippen LogP contribution in [0.2, 0.25) is 0 Å². The first-order valence-corrected chi connectivity index (χ1v) is 11.5. The van der Waals surface area contributed by atoms with Crippen molar-refractivity contribution in [3.8, 4) is 22.6 Å². The molecule has 6 nitrogen and oxygen atoms in total. The van der Waals surface area contributed by atoms with Crippen molar-refractivity contribution in [2.24, 2.45) is 0 Å². The fourth-order valence-corrected chi connectivity index (χ4v) is 3.96. The van der Waals surface area contributed by atoms with Gasteiger partial charge < -0.3 is 9.72 Å². The molecule has 1 aliphatic rings. The van der Waals surface area contributed by atoms with Crippen LogP contribution in [-0.2, 0) is 10.0 Å². The van der Waals surface area contributed by atoms with Gasteiger partial charge in [0.1, 0.15) is 11.6 Å². The summed E-state index contributed by atoms with van der Waals surface area (Å²) in [5.74, 6) is -1.39. The number of aromatic nitrogens is 1. The van der Waals surface area contributed by atoms with Crippen molar-refractivity contribution in [1.82, 2.24) is 4.98 Å². The highest BCUT2D eigenvalue weighted by Gasteiger charge is 2.27. The van der Waals surface area contributed by atoms with Crippen LogP contribution >= 0.6 is 0 Å². The largest absolute Gasteiger partial charge is 0.454 e. The third-order valence-electron chi connectivity index (χ3n) is 4.97. The number of benzene rings is 2. The van der Waals surface area contributed by atoms with Gasteiger partial charge in [0.25, 0.3) is 5.56 Å². The first-order valence-electron chi connectivity index (χ1n) is 9.59. The lowest BCUT2D eigenvalue weighted by atomic mass is 9.99. The summed E-state index contributed by atoms with van der Waals surface area (Å²) in [5, 5.41) is 0. The normalized spacial score (nSPS) is 13.8. The number of hydrogen-bond acceptors (Lipinski definition) is 4. The molecule has 162 valence electrons. The van der Waals surface area contributed by atoms with E-state index in [0.717, 1.165) is 25.2 Å². The van der Waals surface area contributed by atoms with Gasteiger partial charge in [-0.1, -0.05) is 0 Å². The minimum Gasteiger partial charge on any atom is -0.454 e. The summed E-state index contributed by atoms with van der Waals surface area (Å²) < 4.78 is 58.9. The zero-order valence-corrected chi connectivity index (χ0v) is 17.6. The lowest BCUT2D eigenvalue weighted by Gasteiger charge is -2.16. The standard InChI is InChI=1S/C22H20F2N2O4S/c1-12-16(11-17(13-3-4-13)22(27)25-12)18-10-15(26-31(2,28)29)6-8-20(18)30-21-7-5-14(23)9-19(21)24/h5-11,13,26H,3-4H2,1-2H3,(H,25,27). The number of hydrogen-bond donors (Lipinski definition) is 2. The van der Waals surface area contributed by atoms with Gasteiger partial charge in [0, 0.05) is 34.1 Å². The summed E-state index contributed by atoms with van der Waals surface area (Å²) in [4.78, 5) is 15.2. The van der Waals surface area contributed by atoms with Crippen molar-refractivity contribution in [2.75, 3.05) is 11.0 Å². The van der Waals surface area contributed by atoms with Gasteiger partial charge in [-0.3, -0.25) is 9.52 Å². The van der Waals surface area contributed by atoms with Crippen molar-refractivity contribution in [1.29, 1.82) is 0 Å². The highest BCUT2D eigenvalue weighted by molar-refractivity contribution is 7.92. The number of halogens is 2. The number of aromatic amines is 1. The van der Waals surface area contributed by atoms with Crippen molar-refractivity contribution in [3.63, 3.8) is 0 Å². The number of rotatable bonds is 6. The summed E-state index contributed by atoms with van der Waals surface area (Å²) in [5.41, 5.74) is 2.38. The number of aryl methyl sites for hydroxylation is 1. The van der Waals surface area contributed by atoms with Gasteiger partial charge in [0.2, 0.25) is 10.0 Å². The van der Waals surface area contributed by atoms with E-state index in [4.69, 9.17) is 4.74 Å². The molecule has 0 radical (unpaired) electrons. The Kier molecular flexibility index (Phi) is 5.30. The number of sulfonamides is 1. The number of ether oxygens (including phenoxy) is 1. The Hall–Kier alpha value is -3.20. The number of pyridine rings is 1. The highest BCUT2D eigenvalue weighted by Crippen LogP contribution is 2.42. The van der Waals surface area contributed by atoms with Crippen molar-refractivity contribution < 1.29 is 21.9 Å². The second kappa shape index (κ2) is 7.81. The van der Waals surface area contributed by atoms with Crippen LogP contribution in [0.5, 0.6) is 11.5 Å². The molecule has 0 saturated heterocycles. The van der Waals surface area contributed by atoms with E-state index in [1.807, 2.05) is 0 Å². The third kappa shape index (κ3) is 4.77. The summed E-state index contributed by atoms with van der Waals surface area (Å²) >= 11 is 0. The lowest BCUT2D eigenvalue weighted by Crippen LogP contribution is -2.14. The summed E-state index contributed by atoms with van der Waals surface area (Å²) in [7, 11) is -3.54. The maximum absolute atomic E-state index is 14.2. The molecule has 1 aromatic heterocycles. The van der Waals surface area contributed by atoms with E-state index in [1.54, 1.807) is 19.1 Å². The maximum atomic E-state index is 14.2. The van der Waals surface area contributed by atoms with Crippen LogP contribution in [0.3, 0.4) is 0 Å². The molecule has 4 rings (SSSR count). The van der Waals surface area contributed by atoms with E-state index in [1.165, 1.54) is 18.2 Å². The molecule has 2 aromatic carbocycles. The number of nitrogens with one attached hydrogen (secondary N) is 2. The van der Waals surface area contributed by atoms with Gasteiger partial charge in [-0.25, -0.2) is 17.2 Å². The Morgan fingerprint density at radius 2 is 1.74 bits per heavy atom. The Labute approximate surface area is 178 Å². The molecule has 2 N–H and O–H groups in total. The number of anilines is 1. The molecule has 1 fully saturated rings. The van der Waals surface area contributed by atoms with Crippen LogP contribution in [0.15, 0.2) is 47.3 Å². The topological polar surface area (TPSA) is 88.3 Å². The fourth-order valence-electron chi connectivity index (χ4n) is 3.40. The van der Waals surface area contributed by atoms with Gasteiger partial charge in [0.15, 0.2) is 11.6 Å². The molecule has 0 atom stereocenters. The Bertz CT molecular complexity index is 1330. The van der Waals surface area contributed by atoms with Gasteiger partial charge in [-0.05, 0) is 62.1 Å². The quantitative estimate of drug-likeness (QED) is 0.576. The zero-order valence-electron chi connectivity index (χ0n) is 16.8. The van der Waals surface area contributed by atoms with Crippen LogP contribution in [0.4, 0.5) is 14.5 Å².